The molecule has 0 spiro atoms. The van der Waals surface area contributed by atoms with E-state index < -0.39 is 0 Å². The molecule has 1 aromatic carbocycles. The number of amides is 1. The topological polar surface area (TPSA) is 90.4 Å². The van der Waals surface area contributed by atoms with Gasteiger partial charge in [-0.25, -0.2) is 4.98 Å². The van der Waals surface area contributed by atoms with Crippen LogP contribution < -0.4 is 10.1 Å². The molecular weight excluding hydrogens is 322 g/mol. The Hall–Kier alpha value is -3.09. The lowest BCUT2D eigenvalue weighted by Crippen LogP contribution is -2.29. The summed E-state index contributed by atoms with van der Waals surface area (Å²) in [5.41, 5.74) is 3.17. The minimum absolute atomic E-state index is 0.222. The average Bonchev–Trinajstić information content (AvgIpc) is 3.34. The first-order valence-electron chi connectivity index (χ1n) is 8.09. The van der Waals surface area contributed by atoms with E-state index in [1.807, 2.05) is 31.2 Å². The Morgan fingerprint density at radius 2 is 2.24 bits per heavy atom. The number of aromatic nitrogens is 2. The van der Waals surface area contributed by atoms with Gasteiger partial charge in [-0.05, 0) is 13.0 Å². The first-order valence-corrected chi connectivity index (χ1v) is 8.09. The summed E-state index contributed by atoms with van der Waals surface area (Å²) in [5, 5.41) is 6.99. The van der Waals surface area contributed by atoms with Crippen molar-refractivity contribution in [3.05, 3.63) is 53.4 Å². The summed E-state index contributed by atoms with van der Waals surface area (Å²) in [5.74, 6) is 1.49. The number of hydrogen-bond donors (Lipinski definition) is 1. The highest BCUT2D eigenvalue weighted by Crippen LogP contribution is 2.36. The highest BCUT2D eigenvalue weighted by molar-refractivity contribution is 5.92. The van der Waals surface area contributed by atoms with Gasteiger partial charge in [0.1, 0.15) is 23.8 Å². The van der Waals surface area contributed by atoms with Crippen LogP contribution in [0.3, 0.4) is 0 Å². The van der Waals surface area contributed by atoms with E-state index in [0.717, 1.165) is 34.8 Å². The monoisotopic (exact) mass is 339 g/mol. The molecule has 0 saturated heterocycles. The van der Waals surface area contributed by atoms with Gasteiger partial charge in [0.25, 0.3) is 5.91 Å². The van der Waals surface area contributed by atoms with Crippen LogP contribution in [-0.2, 0) is 6.42 Å². The molecule has 0 fully saturated rings. The Labute approximate surface area is 144 Å². The van der Waals surface area contributed by atoms with Crippen molar-refractivity contribution in [2.45, 2.75) is 26.3 Å². The zero-order valence-corrected chi connectivity index (χ0v) is 13.9. The summed E-state index contributed by atoms with van der Waals surface area (Å²) in [4.78, 5) is 16.2. The smallest absolute Gasteiger partial charge is 0.289 e. The Morgan fingerprint density at radius 1 is 1.36 bits per heavy atom. The Morgan fingerprint density at radius 3 is 2.96 bits per heavy atom. The third-order valence-electron chi connectivity index (χ3n) is 4.25. The molecule has 3 heterocycles. The summed E-state index contributed by atoms with van der Waals surface area (Å²) in [7, 11) is 0. The van der Waals surface area contributed by atoms with Crippen LogP contribution in [0.2, 0.25) is 0 Å². The van der Waals surface area contributed by atoms with E-state index in [9.17, 15) is 4.79 Å². The molecule has 1 aliphatic heterocycles. The molecule has 4 rings (SSSR count). The highest BCUT2D eigenvalue weighted by atomic mass is 16.5. The SMILES string of the molecule is CCc1cc(-c2ccc3c(c2)OCC3NC(=O)c2ocnc2C)no1. The minimum atomic E-state index is -0.301. The fourth-order valence-corrected chi connectivity index (χ4v) is 2.85. The number of benzene rings is 1. The second-order valence-corrected chi connectivity index (χ2v) is 5.89. The molecule has 1 N–H and O–H groups in total. The zero-order chi connectivity index (χ0) is 17.4. The lowest BCUT2D eigenvalue weighted by molar-refractivity contribution is 0.0901. The molecule has 7 nitrogen and oxygen atoms in total. The maximum absolute atomic E-state index is 12.3. The number of ether oxygens (including phenoxy) is 1. The number of carbonyl (C=O) groups is 1. The quantitative estimate of drug-likeness (QED) is 0.785. The second kappa shape index (κ2) is 6.08. The predicted octanol–water partition coefficient (Wildman–Crippen LogP) is 3.06. The standard InChI is InChI=1S/C18H17N3O4/c1-3-12-7-14(21-25-12)11-4-5-13-15(8-23-16(13)6-11)20-18(22)17-10(2)19-9-24-17/h4-7,9,15H,3,8H2,1-2H3,(H,20,22). The van der Waals surface area contributed by atoms with Crippen molar-refractivity contribution in [2.24, 2.45) is 0 Å². The van der Waals surface area contributed by atoms with E-state index >= 15 is 0 Å². The van der Waals surface area contributed by atoms with Crippen molar-refractivity contribution >= 4 is 5.91 Å². The maximum atomic E-state index is 12.3. The van der Waals surface area contributed by atoms with Gasteiger partial charge in [-0.2, -0.15) is 0 Å². The van der Waals surface area contributed by atoms with Crippen molar-refractivity contribution in [3.8, 4) is 17.0 Å². The minimum Gasteiger partial charge on any atom is -0.491 e. The maximum Gasteiger partial charge on any atom is 0.289 e. The lowest BCUT2D eigenvalue weighted by Gasteiger charge is -2.10. The number of oxazole rings is 1. The molecule has 1 amide bonds. The van der Waals surface area contributed by atoms with Gasteiger partial charge in [-0.3, -0.25) is 4.79 Å². The number of rotatable bonds is 4. The van der Waals surface area contributed by atoms with Gasteiger partial charge in [-0.15, -0.1) is 0 Å². The summed E-state index contributed by atoms with van der Waals surface area (Å²) in [6.07, 6.45) is 2.06. The summed E-state index contributed by atoms with van der Waals surface area (Å²) in [6, 6.07) is 7.49. The normalized spacial score (nSPS) is 15.7. The predicted molar refractivity (Wildman–Crippen MR) is 88.3 cm³/mol. The molecule has 1 unspecified atom stereocenters. The molecule has 128 valence electrons. The Balaban J connectivity index is 1.55. The largest absolute Gasteiger partial charge is 0.491 e. The van der Waals surface area contributed by atoms with Crippen molar-refractivity contribution in [1.29, 1.82) is 0 Å². The van der Waals surface area contributed by atoms with Crippen molar-refractivity contribution in [1.82, 2.24) is 15.5 Å². The van der Waals surface area contributed by atoms with Crippen molar-refractivity contribution < 1.29 is 18.5 Å². The number of fused-ring (bicyclic) bond motifs is 1. The van der Waals surface area contributed by atoms with Gasteiger partial charge in [-0.1, -0.05) is 24.2 Å². The van der Waals surface area contributed by atoms with Gasteiger partial charge < -0.3 is 19.0 Å². The molecule has 0 aliphatic carbocycles. The molecule has 0 radical (unpaired) electrons. The fraction of sp³-hybridized carbons (Fsp3) is 0.278. The summed E-state index contributed by atoms with van der Waals surface area (Å²) >= 11 is 0. The molecule has 0 bridgehead atoms. The van der Waals surface area contributed by atoms with Crippen LogP contribution in [-0.4, -0.2) is 22.7 Å². The molecule has 25 heavy (non-hydrogen) atoms. The van der Waals surface area contributed by atoms with Crippen LogP contribution >= 0.6 is 0 Å². The third-order valence-corrected chi connectivity index (χ3v) is 4.25. The van der Waals surface area contributed by atoms with Crippen LogP contribution in [0.25, 0.3) is 11.3 Å². The van der Waals surface area contributed by atoms with Crippen LogP contribution in [0.1, 0.15) is 40.5 Å². The zero-order valence-electron chi connectivity index (χ0n) is 13.9. The molecule has 2 aromatic heterocycles. The van der Waals surface area contributed by atoms with Gasteiger partial charge in [0.05, 0.1) is 11.7 Å². The first-order chi connectivity index (χ1) is 12.2. The molecule has 1 aliphatic rings. The average molecular weight is 339 g/mol. The van der Waals surface area contributed by atoms with Crippen molar-refractivity contribution in [3.63, 3.8) is 0 Å². The van der Waals surface area contributed by atoms with Gasteiger partial charge in [0, 0.05) is 23.6 Å². The second-order valence-electron chi connectivity index (χ2n) is 5.89. The van der Waals surface area contributed by atoms with Gasteiger partial charge >= 0.3 is 0 Å². The Kier molecular flexibility index (Phi) is 3.76. The van der Waals surface area contributed by atoms with E-state index in [2.05, 4.69) is 15.5 Å². The first kappa shape index (κ1) is 15.4. The molecule has 7 heteroatoms. The number of nitrogens with zero attached hydrogens (tertiary/aromatic N) is 2. The van der Waals surface area contributed by atoms with E-state index in [1.165, 1.54) is 6.39 Å². The van der Waals surface area contributed by atoms with Gasteiger partial charge in [0.2, 0.25) is 5.76 Å². The van der Waals surface area contributed by atoms with E-state index in [1.54, 1.807) is 6.92 Å². The number of nitrogens with one attached hydrogen (secondary N) is 1. The molecule has 1 atom stereocenters. The van der Waals surface area contributed by atoms with E-state index in [4.69, 9.17) is 13.7 Å². The highest BCUT2D eigenvalue weighted by Gasteiger charge is 2.28. The van der Waals surface area contributed by atoms with Gasteiger partial charge in [0.15, 0.2) is 6.39 Å². The number of aryl methyl sites for hydroxylation is 2. The van der Waals surface area contributed by atoms with E-state index in [-0.39, 0.29) is 17.7 Å². The summed E-state index contributed by atoms with van der Waals surface area (Å²) < 4.78 is 16.1. The summed E-state index contributed by atoms with van der Waals surface area (Å²) in [6.45, 7) is 4.11. The number of hydrogen-bond acceptors (Lipinski definition) is 6. The molecule has 3 aromatic rings. The fourth-order valence-electron chi connectivity index (χ4n) is 2.85. The van der Waals surface area contributed by atoms with Crippen molar-refractivity contribution in [2.75, 3.05) is 6.61 Å². The number of carbonyl (C=O) groups excluding carboxylic acids is 1. The molecule has 0 saturated carbocycles. The Bertz CT molecular complexity index is 928. The van der Waals surface area contributed by atoms with E-state index in [0.29, 0.717) is 12.3 Å². The van der Waals surface area contributed by atoms with Crippen LogP contribution in [0, 0.1) is 6.92 Å². The van der Waals surface area contributed by atoms with Crippen LogP contribution in [0.4, 0.5) is 0 Å². The van der Waals surface area contributed by atoms with Crippen LogP contribution in [0.15, 0.2) is 39.6 Å². The third kappa shape index (κ3) is 2.77. The van der Waals surface area contributed by atoms with Crippen LogP contribution in [0.5, 0.6) is 5.75 Å². The molecular formula is C18H17N3O4. The lowest BCUT2D eigenvalue weighted by atomic mass is 10.0.